The molecule has 1 aromatic heterocycles. The van der Waals surface area contributed by atoms with Crippen molar-refractivity contribution in [2.45, 2.75) is 52.7 Å². The van der Waals surface area contributed by atoms with E-state index < -0.39 is 0 Å². The van der Waals surface area contributed by atoms with Gasteiger partial charge in [-0.1, -0.05) is 31.9 Å². The molecule has 80 valence electrons. The van der Waals surface area contributed by atoms with Crippen molar-refractivity contribution < 1.29 is 5.11 Å². The lowest BCUT2D eigenvalue weighted by atomic mass is 10.2. The van der Waals surface area contributed by atoms with Crippen molar-refractivity contribution in [3.63, 3.8) is 0 Å². The molecule has 1 N–H and O–H groups in total. The molecule has 4 heteroatoms. The van der Waals surface area contributed by atoms with Gasteiger partial charge in [-0.15, -0.1) is 5.10 Å². The van der Waals surface area contributed by atoms with Crippen molar-refractivity contribution >= 4 is 0 Å². The van der Waals surface area contributed by atoms with Gasteiger partial charge in [0.15, 0.2) is 0 Å². The van der Waals surface area contributed by atoms with Gasteiger partial charge in [0, 0.05) is 6.54 Å². The van der Waals surface area contributed by atoms with Crippen LogP contribution in [-0.2, 0) is 19.6 Å². The average Bonchev–Trinajstić information content (AvgIpc) is 2.58. The van der Waals surface area contributed by atoms with E-state index in [0.717, 1.165) is 43.6 Å². The number of aryl methyl sites for hydroxylation is 1. The molecule has 0 aliphatic heterocycles. The van der Waals surface area contributed by atoms with E-state index >= 15 is 0 Å². The number of aromatic nitrogens is 3. The molecule has 1 rings (SSSR count). The third-order valence-corrected chi connectivity index (χ3v) is 2.28. The Labute approximate surface area is 84.9 Å². The lowest BCUT2D eigenvalue weighted by Crippen LogP contribution is -2.06. The van der Waals surface area contributed by atoms with Crippen molar-refractivity contribution in [3.05, 3.63) is 11.4 Å². The van der Waals surface area contributed by atoms with E-state index in [1.807, 2.05) is 4.68 Å². The Morgan fingerprint density at radius 1 is 1.29 bits per heavy atom. The Morgan fingerprint density at radius 3 is 2.64 bits per heavy atom. The minimum Gasteiger partial charge on any atom is -0.390 e. The van der Waals surface area contributed by atoms with Gasteiger partial charge in [0.25, 0.3) is 0 Å². The minimum absolute atomic E-state index is 0.00145. The molecule has 0 saturated heterocycles. The smallest absolute Gasteiger partial charge is 0.111 e. The SMILES string of the molecule is CCCCn1nnc(CO)c1CCC. The number of nitrogens with zero attached hydrogens (tertiary/aromatic N) is 3. The summed E-state index contributed by atoms with van der Waals surface area (Å²) in [6.07, 6.45) is 4.28. The summed E-state index contributed by atoms with van der Waals surface area (Å²) in [4.78, 5) is 0. The molecular formula is C10H19N3O. The first-order chi connectivity index (χ1) is 6.83. The lowest BCUT2D eigenvalue weighted by molar-refractivity contribution is 0.275. The summed E-state index contributed by atoms with van der Waals surface area (Å²) in [5, 5.41) is 17.1. The molecule has 1 aromatic rings. The lowest BCUT2D eigenvalue weighted by Gasteiger charge is -2.04. The van der Waals surface area contributed by atoms with Crippen LogP contribution < -0.4 is 0 Å². The highest BCUT2D eigenvalue weighted by atomic mass is 16.3. The molecule has 0 saturated carbocycles. The van der Waals surface area contributed by atoms with E-state index in [2.05, 4.69) is 24.2 Å². The van der Waals surface area contributed by atoms with Crippen molar-refractivity contribution in [2.75, 3.05) is 0 Å². The number of aliphatic hydroxyl groups is 1. The Hall–Kier alpha value is -0.900. The second kappa shape index (κ2) is 5.75. The maximum Gasteiger partial charge on any atom is 0.111 e. The first kappa shape index (κ1) is 11.2. The molecule has 0 bridgehead atoms. The fourth-order valence-corrected chi connectivity index (χ4v) is 1.49. The number of aliphatic hydroxyl groups excluding tert-OH is 1. The van der Waals surface area contributed by atoms with Crippen LogP contribution in [0.4, 0.5) is 0 Å². The fourth-order valence-electron chi connectivity index (χ4n) is 1.49. The molecule has 0 aliphatic rings. The van der Waals surface area contributed by atoms with Gasteiger partial charge < -0.3 is 5.11 Å². The standard InChI is InChI=1S/C10H19N3O/c1-3-5-7-13-10(6-4-2)9(8-14)11-12-13/h14H,3-8H2,1-2H3. The van der Waals surface area contributed by atoms with Crippen LogP contribution in [0.1, 0.15) is 44.5 Å². The van der Waals surface area contributed by atoms with Gasteiger partial charge in [-0.05, 0) is 12.8 Å². The zero-order valence-corrected chi connectivity index (χ0v) is 9.03. The fraction of sp³-hybridized carbons (Fsp3) is 0.800. The minimum atomic E-state index is 0.00145. The predicted octanol–water partition coefficient (Wildman–Crippen LogP) is 1.52. The number of hydrogen-bond donors (Lipinski definition) is 1. The van der Waals surface area contributed by atoms with Crippen LogP contribution in [0.2, 0.25) is 0 Å². The predicted molar refractivity (Wildman–Crippen MR) is 54.8 cm³/mol. The Morgan fingerprint density at radius 2 is 2.07 bits per heavy atom. The maximum absolute atomic E-state index is 9.07. The van der Waals surface area contributed by atoms with Gasteiger partial charge in [0.1, 0.15) is 5.69 Å². The summed E-state index contributed by atoms with van der Waals surface area (Å²) in [7, 11) is 0. The van der Waals surface area contributed by atoms with E-state index in [1.165, 1.54) is 0 Å². The molecule has 0 spiro atoms. The van der Waals surface area contributed by atoms with E-state index in [9.17, 15) is 0 Å². The summed E-state index contributed by atoms with van der Waals surface area (Å²) in [5.74, 6) is 0. The van der Waals surface area contributed by atoms with Crippen LogP contribution >= 0.6 is 0 Å². The zero-order valence-electron chi connectivity index (χ0n) is 9.03. The topological polar surface area (TPSA) is 50.9 Å². The van der Waals surface area contributed by atoms with Crippen molar-refractivity contribution in [1.29, 1.82) is 0 Å². The second-order valence-corrected chi connectivity index (χ2v) is 3.47. The summed E-state index contributed by atoms with van der Waals surface area (Å²) in [6, 6.07) is 0. The molecule has 0 aromatic carbocycles. The monoisotopic (exact) mass is 197 g/mol. The van der Waals surface area contributed by atoms with E-state index in [4.69, 9.17) is 5.11 Å². The quantitative estimate of drug-likeness (QED) is 0.752. The first-order valence-electron chi connectivity index (χ1n) is 5.35. The zero-order chi connectivity index (χ0) is 10.4. The summed E-state index contributed by atoms with van der Waals surface area (Å²) in [6.45, 7) is 5.20. The Kier molecular flexibility index (Phi) is 4.59. The van der Waals surface area contributed by atoms with Crippen molar-refractivity contribution in [1.82, 2.24) is 15.0 Å². The molecule has 0 aliphatic carbocycles. The third kappa shape index (κ3) is 2.54. The second-order valence-electron chi connectivity index (χ2n) is 3.47. The molecule has 4 nitrogen and oxygen atoms in total. The number of hydrogen-bond acceptors (Lipinski definition) is 3. The third-order valence-electron chi connectivity index (χ3n) is 2.28. The Balaban J connectivity index is 2.75. The van der Waals surface area contributed by atoms with Crippen LogP contribution in [0.3, 0.4) is 0 Å². The van der Waals surface area contributed by atoms with Gasteiger partial charge in [0.2, 0.25) is 0 Å². The summed E-state index contributed by atoms with van der Waals surface area (Å²) in [5.41, 5.74) is 1.84. The number of rotatable bonds is 6. The van der Waals surface area contributed by atoms with Gasteiger partial charge >= 0.3 is 0 Å². The highest BCUT2D eigenvalue weighted by molar-refractivity contribution is 5.09. The molecule has 0 atom stereocenters. The molecule has 0 fully saturated rings. The largest absolute Gasteiger partial charge is 0.390 e. The molecule has 1 heterocycles. The summed E-state index contributed by atoms with van der Waals surface area (Å²) >= 11 is 0. The van der Waals surface area contributed by atoms with Crippen LogP contribution in [0.5, 0.6) is 0 Å². The molecule has 0 radical (unpaired) electrons. The molecular weight excluding hydrogens is 178 g/mol. The maximum atomic E-state index is 9.07. The van der Waals surface area contributed by atoms with E-state index in [1.54, 1.807) is 0 Å². The average molecular weight is 197 g/mol. The first-order valence-corrected chi connectivity index (χ1v) is 5.35. The van der Waals surface area contributed by atoms with Crippen molar-refractivity contribution in [3.8, 4) is 0 Å². The van der Waals surface area contributed by atoms with Crippen LogP contribution in [0.15, 0.2) is 0 Å². The number of unbranched alkanes of at least 4 members (excludes halogenated alkanes) is 1. The Bertz CT molecular complexity index is 270. The van der Waals surface area contributed by atoms with Crippen LogP contribution in [0, 0.1) is 0 Å². The normalized spacial score (nSPS) is 10.8. The van der Waals surface area contributed by atoms with E-state index in [0.29, 0.717) is 0 Å². The van der Waals surface area contributed by atoms with Crippen LogP contribution in [0.25, 0.3) is 0 Å². The van der Waals surface area contributed by atoms with Crippen molar-refractivity contribution in [2.24, 2.45) is 0 Å². The van der Waals surface area contributed by atoms with Gasteiger partial charge in [-0.25, -0.2) is 4.68 Å². The van der Waals surface area contributed by atoms with Gasteiger partial charge in [-0.2, -0.15) is 0 Å². The molecule has 0 amide bonds. The highest BCUT2D eigenvalue weighted by Crippen LogP contribution is 2.09. The summed E-state index contributed by atoms with van der Waals surface area (Å²) < 4.78 is 1.93. The van der Waals surface area contributed by atoms with E-state index in [-0.39, 0.29) is 6.61 Å². The molecule has 0 unspecified atom stereocenters. The highest BCUT2D eigenvalue weighted by Gasteiger charge is 2.10. The van der Waals surface area contributed by atoms with Gasteiger partial charge in [0.05, 0.1) is 12.3 Å². The van der Waals surface area contributed by atoms with Gasteiger partial charge in [-0.3, -0.25) is 0 Å². The van der Waals surface area contributed by atoms with Crippen LogP contribution in [-0.4, -0.2) is 20.1 Å². The molecule has 14 heavy (non-hydrogen) atoms.